The summed E-state index contributed by atoms with van der Waals surface area (Å²) in [5.41, 5.74) is 1.34. The third-order valence-electron chi connectivity index (χ3n) is 4.01. The van der Waals surface area contributed by atoms with Crippen LogP contribution in [0.5, 0.6) is 0 Å². The molecular weight excluding hydrogens is 322 g/mol. The smallest absolute Gasteiger partial charge is 0.168 e. The molecule has 0 aliphatic heterocycles. The molecule has 2 atom stereocenters. The second-order valence-corrected chi connectivity index (χ2v) is 7.79. The van der Waals surface area contributed by atoms with Gasteiger partial charge in [0, 0.05) is 18.1 Å². The summed E-state index contributed by atoms with van der Waals surface area (Å²) >= 11 is 1.94. The van der Waals surface area contributed by atoms with Crippen molar-refractivity contribution in [3.05, 3.63) is 24.0 Å². The third kappa shape index (κ3) is 6.34. The van der Waals surface area contributed by atoms with Crippen molar-refractivity contribution in [2.75, 3.05) is 19.5 Å². The van der Waals surface area contributed by atoms with Crippen LogP contribution in [0, 0.1) is 5.92 Å². The number of ether oxygens (including phenoxy) is 1. The number of nitrogens with zero attached hydrogens (tertiary/aromatic N) is 1. The summed E-state index contributed by atoms with van der Waals surface area (Å²) in [6, 6.07) is 0. The fraction of sp³-hybridized carbons (Fsp3) is 0.684. The standard InChI is InChI=1S/C19H31NO3S/c1-6-9-16(20-23-10-7-2)19-17(21)12-15(13-18(19)22-5)11-14(4)24-8-3/h7,14-15H,2,6,8-13H2,1,3-5H3/b20-16-/t14-,15+/m1/s1. The molecule has 4 nitrogen and oxygen atoms in total. The Bertz CT molecular complexity index is 485. The van der Waals surface area contributed by atoms with Gasteiger partial charge in [-0.2, -0.15) is 11.8 Å². The maximum absolute atomic E-state index is 12.8. The number of carbonyl (C=O) groups is 1. The Morgan fingerprint density at radius 1 is 1.46 bits per heavy atom. The van der Waals surface area contributed by atoms with Crippen LogP contribution in [-0.4, -0.2) is 36.2 Å². The van der Waals surface area contributed by atoms with Crippen molar-refractivity contribution in [1.29, 1.82) is 0 Å². The number of hydrogen-bond acceptors (Lipinski definition) is 5. The SMILES string of the molecule is C=CCO/N=C(/CCC)C1=C(OC)C[C@@H](C[C@@H](C)SCC)CC1=O. The molecule has 0 aromatic carbocycles. The van der Waals surface area contributed by atoms with E-state index in [-0.39, 0.29) is 5.78 Å². The molecule has 1 aliphatic carbocycles. The molecule has 24 heavy (non-hydrogen) atoms. The first-order chi connectivity index (χ1) is 11.6. The summed E-state index contributed by atoms with van der Waals surface area (Å²) in [4.78, 5) is 18.0. The fourth-order valence-corrected chi connectivity index (χ4v) is 4.05. The molecule has 0 bridgehead atoms. The average molecular weight is 354 g/mol. The molecule has 0 unspecified atom stereocenters. The van der Waals surface area contributed by atoms with E-state index in [1.807, 2.05) is 11.8 Å². The number of carbonyl (C=O) groups excluding carboxylic acids is 1. The zero-order chi connectivity index (χ0) is 17.9. The van der Waals surface area contributed by atoms with Crippen LogP contribution in [-0.2, 0) is 14.4 Å². The highest BCUT2D eigenvalue weighted by molar-refractivity contribution is 7.99. The van der Waals surface area contributed by atoms with Gasteiger partial charge >= 0.3 is 0 Å². The largest absolute Gasteiger partial charge is 0.500 e. The van der Waals surface area contributed by atoms with Gasteiger partial charge in [-0.25, -0.2) is 0 Å². The van der Waals surface area contributed by atoms with E-state index in [1.54, 1.807) is 13.2 Å². The number of allylic oxidation sites excluding steroid dienone is 2. The van der Waals surface area contributed by atoms with Crippen molar-refractivity contribution in [3.63, 3.8) is 0 Å². The van der Waals surface area contributed by atoms with Crippen molar-refractivity contribution in [1.82, 2.24) is 0 Å². The Balaban J connectivity index is 2.97. The van der Waals surface area contributed by atoms with Gasteiger partial charge in [-0.1, -0.05) is 45.0 Å². The Morgan fingerprint density at radius 3 is 2.79 bits per heavy atom. The van der Waals surface area contributed by atoms with Gasteiger partial charge in [-0.05, 0) is 24.5 Å². The normalized spacial score (nSPS) is 20.1. The number of ketones is 1. The summed E-state index contributed by atoms with van der Waals surface area (Å²) in [5.74, 6) is 2.35. The quantitative estimate of drug-likeness (QED) is 0.233. The van der Waals surface area contributed by atoms with E-state index in [0.29, 0.717) is 41.9 Å². The molecule has 136 valence electrons. The molecule has 0 saturated heterocycles. The van der Waals surface area contributed by atoms with Crippen LogP contribution in [0.15, 0.2) is 29.1 Å². The zero-order valence-electron chi connectivity index (χ0n) is 15.5. The lowest BCUT2D eigenvalue weighted by molar-refractivity contribution is -0.116. The van der Waals surface area contributed by atoms with Gasteiger partial charge in [-0.3, -0.25) is 4.79 Å². The maximum Gasteiger partial charge on any atom is 0.168 e. The van der Waals surface area contributed by atoms with Crippen LogP contribution in [0.2, 0.25) is 0 Å². The number of rotatable bonds is 11. The summed E-state index contributed by atoms with van der Waals surface area (Å²) in [6.07, 6.45) is 5.66. The van der Waals surface area contributed by atoms with Crippen LogP contribution in [0.3, 0.4) is 0 Å². The minimum Gasteiger partial charge on any atom is -0.500 e. The molecular formula is C19H31NO3S. The van der Waals surface area contributed by atoms with Gasteiger partial charge in [0.2, 0.25) is 0 Å². The Kier molecular flexibility index (Phi) is 9.84. The molecule has 0 amide bonds. The van der Waals surface area contributed by atoms with Crippen molar-refractivity contribution >= 4 is 23.3 Å². The van der Waals surface area contributed by atoms with E-state index >= 15 is 0 Å². The Morgan fingerprint density at radius 2 is 2.21 bits per heavy atom. The van der Waals surface area contributed by atoms with E-state index in [4.69, 9.17) is 9.57 Å². The monoisotopic (exact) mass is 353 g/mol. The van der Waals surface area contributed by atoms with Gasteiger partial charge in [0.15, 0.2) is 5.78 Å². The first kappa shape index (κ1) is 20.8. The zero-order valence-corrected chi connectivity index (χ0v) is 16.3. The molecule has 0 radical (unpaired) electrons. The highest BCUT2D eigenvalue weighted by atomic mass is 32.2. The molecule has 1 rings (SSSR count). The van der Waals surface area contributed by atoms with Crippen LogP contribution >= 0.6 is 11.8 Å². The van der Waals surface area contributed by atoms with E-state index in [9.17, 15) is 4.79 Å². The van der Waals surface area contributed by atoms with Gasteiger partial charge in [-0.15, -0.1) is 0 Å². The summed E-state index contributed by atoms with van der Waals surface area (Å²) < 4.78 is 5.58. The third-order valence-corrected chi connectivity index (χ3v) is 5.11. The second kappa shape index (κ2) is 11.3. The predicted molar refractivity (Wildman–Crippen MR) is 102 cm³/mol. The van der Waals surface area contributed by atoms with E-state index < -0.39 is 0 Å². The number of methoxy groups -OCH3 is 1. The number of hydrogen-bond donors (Lipinski definition) is 0. The number of oxime groups is 1. The highest BCUT2D eigenvalue weighted by Crippen LogP contribution is 2.34. The lowest BCUT2D eigenvalue weighted by Gasteiger charge is -2.27. The molecule has 0 heterocycles. The van der Waals surface area contributed by atoms with Crippen molar-refractivity contribution in [3.8, 4) is 0 Å². The van der Waals surface area contributed by atoms with Gasteiger partial charge in [0.1, 0.15) is 12.4 Å². The average Bonchev–Trinajstić information content (AvgIpc) is 2.54. The molecule has 0 fully saturated rings. The number of Topliss-reactive ketones (excluding diaryl/α,β-unsaturated/α-hetero) is 1. The first-order valence-corrected chi connectivity index (χ1v) is 9.84. The lowest BCUT2D eigenvalue weighted by Crippen LogP contribution is -2.26. The second-order valence-electron chi connectivity index (χ2n) is 6.07. The summed E-state index contributed by atoms with van der Waals surface area (Å²) in [6.45, 7) is 10.4. The Hall–Kier alpha value is -1.23. The molecule has 1 aliphatic rings. The van der Waals surface area contributed by atoms with E-state index in [0.717, 1.165) is 30.8 Å². The van der Waals surface area contributed by atoms with Crippen LogP contribution < -0.4 is 0 Å². The minimum atomic E-state index is 0.131. The van der Waals surface area contributed by atoms with Crippen molar-refractivity contribution in [2.45, 2.75) is 58.1 Å². The van der Waals surface area contributed by atoms with Gasteiger partial charge < -0.3 is 9.57 Å². The van der Waals surface area contributed by atoms with Crippen molar-refractivity contribution < 1.29 is 14.4 Å². The number of thioether (sulfide) groups is 1. The Labute approximate surface area is 150 Å². The molecule has 0 spiro atoms. The van der Waals surface area contributed by atoms with Crippen LogP contribution in [0.1, 0.15) is 52.9 Å². The topological polar surface area (TPSA) is 47.9 Å². The minimum absolute atomic E-state index is 0.131. The molecule has 0 aromatic heterocycles. The van der Waals surface area contributed by atoms with E-state index in [1.165, 1.54) is 0 Å². The predicted octanol–water partition coefficient (Wildman–Crippen LogP) is 4.76. The van der Waals surface area contributed by atoms with Crippen molar-refractivity contribution in [2.24, 2.45) is 11.1 Å². The molecule has 0 aromatic rings. The summed E-state index contributed by atoms with van der Waals surface area (Å²) in [5, 5.41) is 4.74. The maximum atomic E-state index is 12.8. The molecule has 0 saturated carbocycles. The molecule has 5 heteroatoms. The highest BCUT2D eigenvalue weighted by Gasteiger charge is 2.32. The summed E-state index contributed by atoms with van der Waals surface area (Å²) in [7, 11) is 1.64. The van der Waals surface area contributed by atoms with E-state index in [2.05, 4.69) is 32.5 Å². The molecule has 0 N–H and O–H groups in total. The van der Waals surface area contributed by atoms with Crippen LogP contribution in [0.25, 0.3) is 0 Å². The van der Waals surface area contributed by atoms with Gasteiger partial charge in [0.25, 0.3) is 0 Å². The lowest BCUT2D eigenvalue weighted by atomic mass is 9.82. The van der Waals surface area contributed by atoms with Crippen LogP contribution in [0.4, 0.5) is 0 Å². The first-order valence-electron chi connectivity index (χ1n) is 8.79. The fourth-order valence-electron chi connectivity index (χ4n) is 3.07. The van der Waals surface area contributed by atoms with Gasteiger partial charge in [0.05, 0.1) is 18.4 Å².